The highest BCUT2D eigenvalue weighted by atomic mass is 16.5. The summed E-state index contributed by atoms with van der Waals surface area (Å²) in [5.41, 5.74) is 2.03. The molecule has 0 bridgehead atoms. The number of hydrogen-bond donors (Lipinski definition) is 1. The monoisotopic (exact) mass is 522 g/mol. The molecule has 1 aliphatic rings. The molecule has 3 aromatic carbocycles. The van der Waals surface area contributed by atoms with Crippen LogP contribution >= 0.6 is 0 Å². The van der Waals surface area contributed by atoms with Crippen molar-refractivity contribution in [3.63, 3.8) is 0 Å². The number of methoxy groups -OCH3 is 1. The van der Waals surface area contributed by atoms with Crippen LogP contribution in [0.1, 0.15) is 29.7 Å². The van der Waals surface area contributed by atoms with Gasteiger partial charge in [-0.1, -0.05) is 60.7 Å². The van der Waals surface area contributed by atoms with Gasteiger partial charge in [0.2, 0.25) is 0 Å². The smallest absolute Gasteiger partial charge is 0.318 e. The van der Waals surface area contributed by atoms with Gasteiger partial charge in [0.05, 0.1) is 19.3 Å². The maximum absolute atomic E-state index is 13.6. The molecule has 1 N–H and O–H groups in total. The Morgan fingerprint density at radius 3 is 2.56 bits per heavy atom. The molecule has 0 radical (unpaired) electrons. The van der Waals surface area contributed by atoms with E-state index in [1.54, 1.807) is 18.2 Å². The van der Waals surface area contributed by atoms with Crippen LogP contribution in [0.3, 0.4) is 0 Å². The number of carbonyl (C=O) groups excluding carboxylic acids is 2. The molecule has 2 heterocycles. The van der Waals surface area contributed by atoms with Crippen LogP contribution in [-0.4, -0.2) is 52.8 Å². The Kier molecular flexibility index (Phi) is 8.18. The molecule has 0 atom stereocenters. The molecule has 39 heavy (non-hydrogen) atoms. The number of hydrogen-bond acceptors (Lipinski definition) is 5. The summed E-state index contributed by atoms with van der Waals surface area (Å²) in [6.45, 7) is 2.82. The summed E-state index contributed by atoms with van der Waals surface area (Å²) >= 11 is 0. The molecule has 5 rings (SSSR count). The van der Waals surface area contributed by atoms with Crippen molar-refractivity contribution in [2.24, 2.45) is 0 Å². The number of nitrogens with one attached hydrogen (secondary N) is 1. The Bertz CT molecular complexity index is 1410. The number of amides is 2. The second kappa shape index (κ2) is 12.1. The van der Waals surface area contributed by atoms with E-state index in [1.165, 1.54) is 16.3 Å². The number of fused-ring (bicyclic) bond motifs is 1. The minimum Gasteiger partial charge on any atom is -0.497 e. The number of carbonyl (C=O) groups is 2. The first-order chi connectivity index (χ1) is 19.1. The van der Waals surface area contributed by atoms with Gasteiger partial charge >= 0.3 is 6.03 Å². The first-order valence-corrected chi connectivity index (χ1v) is 13.3. The molecule has 4 aromatic rings. The van der Waals surface area contributed by atoms with E-state index in [4.69, 9.17) is 4.74 Å². The van der Waals surface area contributed by atoms with E-state index < -0.39 is 5.54 Å². The SMILES string of the molecule is COc1cccc(CNC(=O)N(Cc2ccccn2)C2(C=O)CCN(Cc3cccc4ccccc34)CC2)c1. The Morgan fingerprint density at radius 1 is 1.03 bits per heavy atom. The van der Waals surface area contributed by atoms with Gasteiger partial charge in [-0.3, -0.25) is 9.88 Å². The van der Waals surface area contributed by atoms with Crippen LogP contribution in [0, 0.1) is 0 Å². The lowest BCUT2D eigenvalue weighted by atomic mass is 9.86. The number of aromatic nitrogens is 1. The van der Waals surface area contributed by atoms with Crippen molar-refractivity contribution in [1.29, 1.82) is 0 Å². The van der Waals surface area contributed by atoms with Crippen LogP contribution in [0.25, 0.3) is 10.8 Å². The molecular formula is C32H34N4O3. The molecule has 1 aromatic heterocycles. The van der Waals surface area contributed by atoms with Crippen LogP contribution in [0.2, 0.25) is 0 Å². The quantitative estimate of drug-likeness (QED) is 0.306. The lowest BCUT2D eigenvalue weighted by molar-refractivity contribution is -0.120. The van der Waals surface area contributed by atoms with E-state index in [0.29, 0.717) is 32.5 Å². The number of urea groups is 1. The third-order valence-corrected chi connectivity index (χ3v) is 7.62. The maximum atomic E-state index is 13.6. The van der Waals surface area contributed by atoms with Gasteiger partial charge in [-0.25, -0.2) is 4.79 Å². The molecule has 200 valence electrons. The zero-order valence-corrected chi connectivity index (χ0v) is 22.3. The average Bonchev–Trinajstić information content (AvgIpc) is 3.00. The second-order valence-corrected chi connectivity index (χ2v) is 10.1. The largest absolute Gasteiger partial charge is 0.497 e. The molecule has 0 saturated carbocycles. The highest BCUT2D eigenvalue weighted by Crippen LogP contribution is 2.31. The number of pyridine rings is 1. The third kappa shape index (κ3) is 6.10. The van der Waals surface area contributed by atoms with Crippen LogP contribution < -0.4 is 10.1 Å². The summed E-state index contributed by atoms with van der Waals surface area (Å²) in [6, 6.07) is 27.8. The van der Waals surface area contributed by atoms with Crippen LogP contribution in [0.4, 0.5) is 4.79 Å². The van der Waals surface area contributed by atoms with Gasteiger partial charge in [0, 0.05) is 32.4 Å². The fraction of sp³-hybridized carbons (Fsp3) is 0.281. The number of rotatable bonds is 9. The molecule has 2 amide bonds. The van der Waals surface area contributed by atoms with Crippen molar-refractivity contribution < 1.29 is 14.3 Å². The Morgan fingerprint density at radius 2 is 1.79 bits per heavy atom. The Balaban J connectivity index is 1.32. The normalized spacial score (nSPS) is 15.0. The van der Waals surface area contributed by atoms with E-state index in [-0.39, 0.29) is 12.6 Å². The minimum absolute atomic E-state index is 0.257. The van der Waals surface area contributed by atoms with E-state index >= 15 is 0 Å². The van der Waals surface area contributed by atoms with Gasteiger partial charge in [0.15, 0.2) is 0 Å². The molecular weight excluding hydrogens is 488 g/mol. The van der Waals surface area contributed by atoms with Crippen molar-refractivity contribution in [2.75, 3.05) is 20.2 Å². The lowest BCUT2D eigenvalue weighted by Gasteiger charge is -2.45. The lowest BCUT2D eigenvalue weighted by Crippen LogP contribution is -2.60. The van der Waals surface area contributed by atoms with Crippen molar-refractivity contribution >= 4 is 23.1 Å². The summed E-state index contributed by atoms with van der Waals surface area (Å²) in [6.07, 6.45) is 3.79. The van der Waals surface area contributed by atoms with Crippen molar-refractivity contribution in [2.45, 2.75) is 38.0 Å². The molecule has 7 nitrogen and oxygen atoms in total. The minimum atomic E-state index is -0.911. The van der Waals surface area contributed by atoms with Crippen LogP contribution in [0.5, 0.6) is 5.75 Å². The number of nitrogens with zero attached hydrogens (tertiary/aromatic N) is 3. The number of piperidine rings is 1. The van der Waals surface area contributed by atoms with Crippen LogP contribution in [-0.2, 0) is 24.4 Å². The molecule has 7 heteroatoms. The molecule has 1 fully saturated rings. The highest BCUT2D eigenvalue weighted by Gasteiger charge is 2.42. The average molecular weight is 523 g/mol. The van der Waals surface area contributed by atoms with Crippen molar-refractivity contribution in [3.8, 4) is 5.75 Å². The standard InChI is InChI=1S/C32H34N4O3/c1-39-29-13-6-8-25(20-29)21-34-31(38)36(23-28-12-4-5-17-33-28)32(24-37)15-18-35(19-16-32)22-27-11-7-10-26-9-2-3-14-30(26)27/h2-14,17,20,24H,15-16,18-19,21-23H2,1H3,(H,34,38). The van der Waals surface area contributed by atoms with Gasteiger partial charge in [0.1, 0.15) is 17.6 Å². The van der Waals surface area contributed by atoms with Gasteiger partial charge < -0.3 is 19.7 Å². The fourth-order valence-electron chi connectivity index (χ4n) is 5.36. The number of ether oxygens (including phenoxy) is 1. The van der Waals surface area contributed by atoms with E-state index in [0.717, 1.165) is 29.8 Å². The summed E-state index contributed by atoms with van der Waals surface area (Å²) in [7, 11) is 1.62. The van der Waals surface area contributed by atoms with Gasteiger partial charge in [-0.15, -0.1) is 0 Å². The van der Waals surface area contributed by atoms with Crippen molar-refractivity contribution in [3.05, 3.63) is 108 Å². The number of benzene rings is 3. The van der Waals surface area contributed by atoms with Gasteiger partial charge in [-0.05, 0) is 59.0 Å². The summed E-state index contributed by atoms with van der Waals surface area (Å²) in [4.78, 5) is 34.9. The summed E-state index contributed by atoms with van der Waals surface area (Å²) < 4.78 is 5.31. The summed E-state index contributed by atoms with van der Waals surface area (Å²) in [5.74, 6) is 0.731. The molecule has 0 spiro atoms. The first-order valence-electron chi connectivity index (χ1n) is 13.3. The predicted octanol–water partition coefficient (Wildman–Crippen LogP) is 5.19. The van der Waals surface area contributed by atoms with E-state index in [2.05, 4.69) is 57.7 Å². The summed E-state index contributed by atoms with van der Waals surface area (Å²) in [5, 5.41) is 5.51. The fourth-order valence-corrected chi connectivity index (χ4v) is 5.36. The molecule has 0 unspecified atom stereocenters. The first kappa shape index (κ1) is 26.4. The maximum Gasteiger partial charge on any atom is 0.318 e. The molecule has 1 aliphatic heterocycles. The number of aldehydes is 1. The van der Waals surface area contributed by atoms with Crippen LogP contribution in [0.15, 0.2) is 91.1 Å². The zero-order valence-electron chi connectivity index (χ0n) is 22.3. The second-order valence-electron chi connectivity index (χ2n) is 10.1. The Hall–Kier alpha value is -4.23. The third-order valence-electron chi connectivity index (χ3n) is 7.62. The van der Waals surface area contributed by atoms with E-state index in [9.17, 15) is 9.59 Å². The van der Waals surface area contributed by atoms with Crippen molar-refractivity contribution in [1.82, 2.24) is 20.1 Å². The topological polar surface area (TPSA) is 74.8 Å². The highest BCUT2D eigenvalue weighted by molar-refractivity contribution is 5.85. The Labute approximate surface area is 229 Å². The van der Waals surface area contributed by atoms with Gasteiger partial charge in [0.25, 0.3) is 0 Å². The number of likely N-dealkylation sites (tertiary alicyclic amines) is 1. The van der Waals surface area contributed by atoms with Gasteiger partial charge in [-0.2, -0.15) is 0 Å². The molecule has 0 aliphatic carbocycles. The zero-order chi connectivity index (χ0) is 27.1. The predicted molar refractivity (Wildman–Crippen MR) is 152 cm³/mol. The van der Waals surface area contributed by atoms with E-state index in [1.807, 2.05) is 42.5 Å². The molecule has 1 saturated heterocycles.